The van der Waals surface area contributed by atoms with Gasteiger partial charge in [0.05, 0.1) is 11.4 Å². The van der Waals surface area contributed by atoms with Crippen LogP contribution < -0.4 is 19.5 Å². The molecular formula is C16H21N3O5S2. The van der Waals surface area contributed by atoms with Gasteiger partial charge in [-0.1, -0.05) is 25.6 Å². The maximum atomic E-state index is 12.8. The predicted octanol–water partition coefficient (Wildman–Crippen LogP) is 0.980. The number of carbonyl (C=O) groups is 1. The molecule has 0 bridgehead atoms. The Morgan fingerprint density at radius 2 is 1.96 bits per heavy atom. The number of nitrogens with one attached hydrogen (secondary N) is 2. The molecule has 2 aliphatic heterocycles. The first-order valence-corrected chi connectivity index (χ1v) is 10.7. The number of hydrogen-bond donors (Lipinski definition) is 2. The van der Waals surface area contributed by atoms with Gasteiger partial charge in [0.1, 0.15) is 19.3 Å². The van der Waals surface area contributed by atoms with E-state index < -0.39 is 22.0 Å². The first-order chi connectivity index (χ1) is 12.4. The van der Waals surface area contributed by atoms with E-state index in [9.17, 15) is 13.2 Å². The summed E-state index contributed by atoms with van der Waals surface area (Å²) in [6.45, 7) is 4.99. The Labute approximate surface area is 156 Å². The van der Waals surface area contributed by atoms with E-state index in [1.54, 1.807) is 19.9 Å². The molecule has 0 fully saturated rings. The van der Waals surface area contributed by atoms with E-state index in [2.05, 4.69) is 15.0 Å². The van der Waals surface area contributed by atoms with Crippen LogP contribution in [0.3, 0.4) is 0 Å². The molecule has 0 saturated carbocycles. The lowest BCUT2D eigenvalue weighted by Gasteiger charge is -2.22. The number of hydrogen-bond acceptors (Lipinski definition) is 7. The van der Waals surface area contributed by atoms with Gasteiger partial charge in [-0.15, -0.1) is 0 Å². The number of fused-ring (bicyclic) bond motifs is 1. The van der Waals surface area contributed by atoms with Crippen LogP contribution in [0.25, 0.3) is 0 Å². The zero-order valence-corrected chi connectivity index (χ0v) is 16.2. The molecule has 1 atom stereocenters. The number of rotatable bonds is 5. The molecule has 0 saturated heterocycles. The van der Waals surface area contributed by atoms with Crippen molar-refractivity contribution in [1.29, 1.82) is 0 Å². The summed E-state index contributed by atoms with van der Waals surface area (Å²) in [6.07, 6.45) is 0. The fourth-order valence-corrected chi connectivity index (χ4v) is 4.60. The van der Waals surface area contributed by atoms with Gasteiger partial charge in [-0.3, -0.25) is 9.79 Å². The standard InChI is InChI=1S/C16H21N3O5S2/c1-10(2)14(15(20)18-16-17-5-8-25-16)19-26(21,22)11-3-4-12-13(9-11)24-7-6-23-12/h3-4,9-10,14,19H,5-8H2,1-2H3,(H,17,18,20)/t14-/m0/s1. The van der Waals surface area contributed by atoms with Crippen LogP contribution in [0.1, 0.15) is 13.8 Å². The van der Waals surface area contributed by atoms with Gasteiger partial charge in [0.2, 0.25) is 15.9 Å². The number of ether oxygens (including phenoxy) is 2. The minimum Gasteiger partial charge on any atom is -0.486 e. The second-order valence-electron chi connectivity index (χ2n) is 6.17. The summed E-state index contributed by atoms with van der Waals surface area (Å²) in [5.41, 5.74) is 0. The summed E-state index contributed by atoms with van der Waals surface area (Å²) in [6, 6.07) is 3.47. The highest BCUT2D eigenvalue weighted by atomic mass is 32.2. The van der Waals surface area contributed by atoms with Gasteiger partial charge in [-0.2, -0.15) is 4.72 Å². The third-order valence-corrected chi connectivity index (χ3v) is 6.20. The average molecular weight is 399 g/mol. The molecule has 2 aliphatic rings. The fraction of sp³-hybridized carbons (Fsp3) is 0.500. The van der Waals surface area contributed by atoms with Crippen molar-refractivity contribution in [3.05, 3.63) is 18.2 Å². The second kappa shape index (κ2) is 7.85. The quantitative estimate of drug-likeness (QED) is 0.765. The van der Waals surface area contributed by atoms with Crippen LogP contribution >= 0.6 is 11.8 Å². The molecule has 3 rings (SSSR count). The molecule has 0 aliphatic carbocycles. The molecule has 142 valence electrons. The van der Waals surface area contributed by atoms with Gasteiger partial charge in [0.25, 0.3) is 0 Å². The molecule has 2 N–H and O–H groups in total. The average Bonchev–Trinajstić information content (AvgIpc) is 3.12. The van der Waals surface area contributed by atoms with Crippen LogP contribution in [0.15, 0.2) is 28.1 Å². The maximum absolute atomic E-state index is 12.8. The summed E-state index contributed by atoms with van der Waals surface area (Å²) in [7, 11) is -3.91. The minimum atomic E-state index is -3.91. The summed E-state index contributed by atoms with van der Waals surface area (Å²) in [4.78, 5) is 16.7. The van der Waals surface area contributed by atoms with Gasteiger partial charge in [0, 0.05) is 11.8 Å². The van der Waals surface area contributed by atoms with Crippen LogP contribution in [0.5, 0.6) is 11.5 Å². The van der Waals surface area contributed by atoms with Crippen molar-refractivity contribution in [3.63, 3.8) is 0 Å². The topological polar surface area (TPSA) is 106 Å². The van der Waals surface area contributed by atoms with Crippen LogP contribution in [-0.2, 0) is 14.8 Å². The summed E-state index contributed by atoms with van der Waals surface area (Å²) in [5.74, 6) is 1.03. The maximum Gasteiger partial charge on any atom is 0.244 e. The van der Waals surface area contributed by atoms with Crippen LogP contribution in [0.4, 0.5) is 0 Å². The molecule has 10 heteroatoms. The van der Waals surface area contributed by atoms with Gasteiger partial charge in [-0.25, -0.2) is 8.42 Å². The normalized spacial score (nSPS) is 17.7. The van der Waals surface area contributed by atoms with E-state index in [0.717, 1.165) is 5.75 Å². The Balaban J connectivity index is 1.77. The highest BCUT2D eigenvalue weighted by Crippen LogP contribution is 2.32. The number of thioether (sulfide) groups is 1. The highest BCUT2D eigenvalue weighted by Gasteiger charge is 2.30. The second-order valence-corrected chi connectivity index (χ2v) is 8.97. The van der Waals surface area contributed by atoms with Crippen molar-refractivity contribution in [2.75, 3.05) is 25.5 Å². The van der Waals surface area contributed by atoms with Crippen molar-refractivity contribution in [3.8, 4) is 11.5 Å². The predicted molar refractivity (Wildman–Crippen MR) is 99.3 cm³/mol. The SMILES string of the molecule is CC(C)[C@H](NS(=O)(=O)c1ccc2c(c1)OCCO2)C(=O)NC1=NCCS1. The molecule has 0 aromatic heterocycles. The van der Waals surface area contributed by atoms with Crippen LogP contribution in [0, 0.1) is 5.92 Å². The minimum absolute atomic E-state index is 0.0211. The van der Waals surface area contributed by atoms with E-state index >= 15 is 0 Å². The molecule has 0 unspecified atom stereocenters. The number of benzene rings is 1. The van der Waals surface area contributed by atoms with Crippen molar-refractivity contribution in [2.24, 2.45) is 10.9 Å². The third-order valence-electron chi connectivity index (χ3n) is 3.87. The molecule has 1 aromatic carbocycles. The molecule has 2 heterocycles. The number of sulfonamides is 1. The lowest BCUT2D eigenvalue weighted by atomic mass is 10.1. The lowest BCUT2D eigenvalue weighted by molar-refractivity contribution is -0.122. The third kappa shape index (κ3) is 4.30. The number of amides is 1. The van der Waals surface area contributed by atoms with Gasteiger partial charge in [-0.05, 0) is 18.1 Å². The molecule has 1 aromatic rings. The van der Waals surface area contributed by atoms with Crippen molar-refractivity contribution in [2.45, 2.75) is 24.8 Å². The van der Waals surface area contributed by atoms with Gasteiger partial charge < -0.3 is 14.8 Å². The lowest BCUT2D eigenvalue weighted by Crippen LogP contribution is -2.50. The summed E-state index contributed by atoms with van der Waals surface area (Å²) in [5, 5.41) is 3.21. The monoisotopic (exact) mass is 399 g/mol. The number of amidine groups is 1. The van der Waals surface area contributed by atoms with E-state index in [1.807, 2.05) is 0 Å². The Hall–Kier alpha value is -1.78. The van der Waals surface area contributed by atoms with Gasteiger partial charge in [0.15, 0.2) is 16.7 Å². The molecule has 8 nitrogen and oxygen atoms in total. The van der Waals surface area contributed by atoms with Crippen LogP contribution in [0.2, 0.25) is 0 Å². The molecule has 0 spiro atoms. The first kappa shape index (κ1) is 19.0. The summed E-state index contributed by atoms with van der Waals surface area (Å²) >= 11 is 1.44. The summed E-state index contributed by atoms with van der Waals surface area (Å²) < 4.78 is 38.8. The number of aliphatic imine (C=N–C) groups is 1. The zero-order valence-electron chi connectivity index (χ0n) is 14.5. The fourth-order valence-electron chi connectivity index (χ4n) is 2.51. The van der Waals surface area contributed by atoms with E-state index in [0.29, 0.717) is 36.4 Å². The number of carbonyl (C=O) groups excluding carboxylic acids is 1. The Morgan fingerprint density at radius 3 is 2.62 bits per heavy atom. The molecular weight excluding hydrogens is 378 g/mol. The molecule has 1 amide bonds. The highest BCUT2D eigenvalue weighted by molar-refractivity contribution is 8.14. The van der Waals surface area contributed by atoms with E-state index in [4.69, 9.17) is 9.47 Å². The van der Waals surface area contributed by atoms with Crippen molar-refractivity contribution >= 4 is 32.9 Å². The number of nitrogens with zero attached hydrogens (tertiary/aromatic N) is 1. The molecule has 26 heavy (non-hydrogen) atoms. The Bertz CT molecular complexity index is 823. The van der Waals surface area contributed by atoms with Crippen molar-refractivity contribution in [1.82, 2.24) is 10.0 Å². The first-order valence-electron chi connectivity index (χ1n) is 8.27. The smallest absolute Gasteiger partial charge is 0.244 e. The molecule has 0 radical (unpaired) electrons. The largest absolute Gasteiger partial charge is 0.486 e. The van der Waals surface area contributed by atoms with Gasteiger partial charge >= 0.3 is 0 Å². The zero-order chi connectivity index (χ0) is 18.7. The van der Waals surface area contributed by atoms with E-state index in [-0.39, 0.29) is 10.8 Å². The Kier molecular flexibility index (Phi) is 5.73. The van der Waals surface area contributed by atoms with Crippen molar-refractivity contribution < 1.29 is 22.7 Å². The van der Waals surface area contributed by atoms with Crippen LogP contribution in [-0.4, -0.2) is 51.0 Å². The van der Waals surface area contributed by atoms with E-state index in [1.165, 1.54) is 23.9 Å². The Morgan fingerprint density at radius 1 is 1.23 bits per heavy atom.